The van der Waals surface area contributed by atoms with Crippen molar-refractivity contribution in [3.05, 3.63) is 0 Å². The van der Waals surface area contributed by atoms with E-state index in [9.17, 15) is 0 Å². The molecular formula is C14H28N2O. The van der Waals surface area contributed by atoms with Gasteiger partial charge in [-0.3, -0.25) is 0 Å². The van der Waals surface area contributed by atoms with E-state index in [2.05, 4.69) is 31.0 Å². The van der Waals surface area contributed by atoms with Gasteiger partial charge in [-0.1, -0.05) is 0 Å². The summed E-state index contributed by atoms with van der Waals surface area (Å²) >= 11 is 0. The molecule has 2 saturated heterocycles. The van der Waals surface area contributed by atoms with E-state index in [0.29, 0.717) is 6.10 Å². The number of ether oxygens (including phenoxy) is 1. The third kappa shape index (κ3) is 4.57. The van der Waals surface area contributed by atoms with Crippen molar-refractivity contribution in [3.63, 3.8) is 0 Å². The molecule has 0 radical (unpaired) electrons. The van der Waals surface area contributed by atoms with Gasteiger partial charge in [0.25, 0.3) is 0 Å². The van der Waals surface area contributed by atoms with Crippen LogP contribution < -0.4 is 5.32 Å². The molecule has 0 amide bonds. The third-order valence-electron chi connectivity index (χ3n) is 3.72. The largest absolute Gasteiger partial charge is 0.371 e. The highest BCUT2D eigenvalue weighted by atomic mass is 16.5. The van der Waals surface area contributed by atoms with Crippen molar-refractivity contribution in [1.29, 1.82) is 0 Å². The summed E-state index contributed by atoms with van der Waals surface area (Å²) in [7, 11) is 0. The van der Waals surface area contributed by atoms with Gasteiger partial charge in [0.2, 0.25) is 0 Å². The Hall–Kier alpha value is -0.120. The summed E-state index contributed by atoms with van der Waals surface area (Å²) in [6, 6.07) is 0. The summed E-state index contributed by atoms with van der Waals surface area (Å²) in [6.07, 6.45) is 4.36. The number of hydrogen-bond acceptors (Lipinski definition) is 3. The predicted molar refractivity (Wildman–Crippen MR) is 71.3 cm³/mol. The highest BCUT2D eigenvalue weighted by Crippen LogP contribution is 2.22. The van der Waals surface area contributed by atoms with E-state index in [0.717, 1.165) is 12.5 Å². The van der Waals surface area contributed by atoms with Gasteiger partial charge in [-0.15, -0.1) is 0 Å². The first-order chi connectivity index (χ1) is 8.03. The minimum absolute atomic E-state index is 0.00936. The van der Waals surface area contributed by atoms with Crippen molar-refractivity contribution in [3.8, 4) is 0 Å². The average Bonchev–Trinajstić information content (AvgIpc) is 2.64. The lowest BCUT2D eigenvalue weighted by Crippen LogP contribution is -2.36. The molecule has 1 atom stereocenters. The SMILES string of the molecule is CC(C)(C)O[C@H]1CCN(CC2CCNCC2)C1. The smallest absolute Gasteiger partial charge is 0.0721 e. The first-order valence-electron chi connectivity index (χ1n) is 7.14. The summed E-state index contributed by atoms with van der Waals surface area (Å²) in [5.41, 5.74) is 0.00936. The second-order valence-corrected chi connectivity index (χ2v) is 6.59. The standard InChI is InChI=1S/C14H28N2O/c1-14(2,3)17-13-6-9-16(11-13)10-12-4-7-15-8-5-12/h12-13,15H,4-11H2,1-3H3/t13-/m0/s1. The Kier molecular flexibility index (Phi) is 4.45. The number of nitrogens with one attached hydrogen (secondary N) is 1. The van der Waals surface area contributed by atoms with Gasteiger partial charge in [-0.2, -0.15) is 0 Å². The molecule has 0 aromatic heterocycles. The first-order valence-corrected chi connectivity index (χ1v) is 7.14. The lowest BCUT2D eigenvalue weighted by molar-refractivity contribution is -0.0543. The second kappa shape index (κ2) is 5.68. The molecular weight excluding hydrogens is 212 g/mol. The van der Waals surface area contributed by atoms with E-state index in [1.54, 1.807) is 0 Å². The number of hydrogen-bond donors (Lipinski definition) is 1. The van der Waals surface area contributed by atoms with Crippen molar-refractivity contribution in [2.45, 2.75) is 51.7 Å². The molecule has 0 spiro atoms. The fraction of sp³-hybridized carbons (Fsp3) is 1.00. The number of likely N-dealkylation sites (tertiary alicyclic amines) is 1. The third-order valence-corrected chi connectivity index (χ3v) is 3.72. The van der Waals surface area contributed by atoms with Crippen LogP contribution in [-0.2, 0) is 4.74 Å². The highest BCUT2D eigenvalue weighted by Gasteiger charge is 2.28. The molecule has 2 heterocycles. The summed E-state index contributed by atoms with van der Waals surface area (Å²) in [4.78, 5) is 2.60. The summed E-state index contributed by atoms with van der Waals surface area (Å²) in [5, 5.41) is 3.44. The normalized spacial score (nSPS) is 28.8. The van der Waals surface area contributed by atoms with Crippen molar-refractivity contribution >= 4 is 0 Å². The average molecular weight is 240 g/mol. The van der Waals surface area contributed by atoms with Crippen molar-refractivity contribution in [2.24, 2.45) is 5.92 Å². The Labute approximate surface area is 106 Å². The van der Waals surface area contributed by atoms with Gasteiger partial charge < -0.3 is 15.0 Å². The molecule has 0 aromatic rings. The minimum atomic E-state index is 0.00936. The van der Waals surface area contributed by atoms with E-state index in [1.807, 2.05) is 0 Å². The lowest BCUT2D eigenvalue weighted by atomic mass is 9.98. The molecule has 0 saturated carbocycles. The highest BCUT2D eigenvalue weighted by molar-refractivity contribution is 4.81. The van der Waals surface area contributed by atoms with E-state index < -0.39 is 0 Å². The molecule has 2 fully saturated rings. The molecule has 0 bridgehead atoms. The van der Waals surface area contributed by atoms with E-state index >= 15 is 0 Å². The molecule has 2 rings (SSSR count). The van der Waals surface area contributed by atoms with Crippen LogP contribution in [0.4, 0.5) is 0 Å². The van der Waals surface area contributed by atoms with Crippen LogP contribution in [0.1, 0.15) is 40.0 Å². The predicted octanol–water partition coefficient (Wildman–Crippen LogP) is 1.88. The molecule has 0 unspecified atom stereocenters. The Balaban J connectivity index is 1.70. The Morgan fingerprint density at radius 1 is 1.18 bits per heavy atom. The first kappa shape index (κ1) is 13.3. The fourth-order valence-electron chi connectivity index (χ4n) is 2.99. The van der Waals surface area contributed by atoms with Crippen LogP contribution in [0.25, 0.3) is 0 Å². The molecule has 1 N–H and O–H groups in total. The maximum Gasteiger partial charge on any atom is 0.0721 e. The molecule has 3 nitrogen and oxygen atoms in total. The van der Waals surface area contributed by atoms with Crippen LogP contribution in [0, 0.1) is 5.92 Å². The molecule has 2 aliphatic heterocycles. The maximum absolute atomic E-state index is 6.06. The van der Waals surface area contributed by atoms with Crippen LogP contribution in [0.2, 0.25) is 0 Å². The minimum Gasteiger partial charge on any atom is -0.371 e. The zero-order valence-electron chi connectivity index (χ0n) is 11.7. The van der Waals surface area contributed by atoms with E-state index in [-0.39, 0.29) is 5.60 Å². The Morgan fingerprint density at radius 2 is 1.88 bits per heavy atom. The van der Waals surface area contributed by atoms with Crippen molar-refractivity contribution in [2.75, 3.05) is 32.7 Å². The van der Waals surface area contributed by atoms with Crippen LogP contribution >= 0.6 is 0 Å². The number of rotatable bonds is 3. The molecule has 100 valence electrons. The fourth-order valence-corrected chi connectivity index (χ4v) is 2.99. The van der Waals surface area contributed by atoms with Gasteiger partial charge in [-0.05, 0) is 59.0 Å². The van der Waals surface area contributed by atoms with Gasteiger partial charge in [0, 0.05) is 19.6 Å². The zero-order valence-corrected chi connectivity index (χ0v) is 11.7. The quantitative estimate of drug-likeness (QED) is 0.815. The van der Waals surface area contributed by atoms with E-state index in [1.165, 1.54) is 45.4 Å². The van der Waals surface area contributed by atoms with Gasteiger partial charge in [0.15, 0.2) is 0 Å². The molecule has 3 heteroatoms. The van der Waals surface area contributed by atoms with Crippen LogP contribution in [0.15, 0.2) is 0 Å². The van der Waals surface area contributed by atoms with Crippen molar-refractivity contribution < 1.29 is 4.74 Å². The molecule has 2 aliphatic rings. The zero-order chi connectivity index (χ0) is 12.3. The van der Waals surface area contributed by atoms with E-state index in [4.69, 9.17) is 4.74 Å². The monoisotopic (exact) mass is 240 g/mol. The topological polar surface area (TPSA) is 24.5 Å². The van der Waals surface area contributed by atoms with Gasteiger partial charge in [-0.25, -0.2) is 0 Å². The summed E-state index contributed by atoms with van der Waals surface area (Å²) in [5.74, 6) is 0.907. The second-order valence-electron chi connectivity index (χ2n) is 6.59. The Bertz CT molecular complexity index is 231. The Morgan fingerprint density at radius 3 is 2.53 bits per heavy atom. The molecule has 17 heavy (non-hydrogen) atoms. The van der Waals surface area contributed by atoms with Gasteiger partial charge in [0.05, 0.1) is 11.7 Å². The lowest BCUT2D eigenvalue weighted by Gasteiger charge is -2.28. The summed E-state index contributed by atoms with van der Waals surface area (Å²) < 4.78 is 6.06. The van der Waals surface area contributed by atoms with Gasteiger partial charge >= 0.3 is 0 Å². The van der Waals surface area contributed by atoms with Crippen LogP contribution in [0.5, 0.6) is 0 Å². The van der Waals surface area contributed by atoms with Crippen LogP contribution in [-0.4, -0.2) is 49.3 Å². The number of piperidine rings is 1. The maximum atomic E-state index is 6.06. The number of nitrogens with zero attached hydrogens (tertiary/aromatic N) is 1. The van der Waals surface area contributed by atoms with Crippen LogP contribution in [0.3, 0.4) is 0 Å². The van der Waals surface area contributed by atoms with Crippen molar-refractivity contribution in [1.82, 2.24) is 10.2 Å². The molecule has 0 aliphatic carbocycles. The van der Waals surface area contributed by atoms with Gasteiger partial charge in [0.1, 0.15) is 0 Å². The molecule has 0 aromatic carbocycles. The summed E-state index contributed by atoms with van der Waals surface area (Å²) in [6.45, 7) is 12.5.